The number of hydrogen-bond acceptors (Lipinski definition) is 1. The van der Waals surface area contributed by atoms with Crippen LogP contribution in [0, 0.1) is 6.92 Å². The maximum Gasteiger partial charge on any atom is 0.0552 e. The largest absolute Gasteiger partial charge is 0.393 e. The molecule has 0 aliphatic carbocycles. The summed E-state index contributed by atoms with van der Waals surface area (Å²) in [5.41, 5.74) is 3.90. The number of aryl methyl sites for hydroxylation is 2. The third-order valence-corrected chi connectivity index (χ3v) is 2.34. The minimum Gasteiger partial charge on any atom is -0.393 e. The van der Waals surface area contributed by atoms with Crippen molar-refractivity contribution in [2.45, 2.75) is 39.7 Å². The van der Waals surface area contributed by atoms with Crippen LogP contribution in [0.25, 0.3) is 0 Å². The maximum absolute atomic E-state index is 9.29. The van der Waals surface area contributed by atoms with E-state index in [9.17, 15) is 5.11 Å². The van der Waals surface area contributed by atoms with Gasteiger partial charge in [0, 0.05) is 0 Å². The van der Waals surface area contributed by atoms with E-state index in [4.69, 9.17) is 0 Å². The van der Waals surface area contributed by atoms with Crippen LogP contribution in [0.4, 0.5) is 0 Å². The number of aliphatic hydroxyl groups excluding tert-OH is 1. The van der Waals surface area contributed by atoms with E-state index in [0.717, 1.165) is 12.8 Å². The van der Waals surface area contributed by atoms with Crippen LogP contribution < -0.4 is 0 Å². The predicted octanol–water partition coefficient (Wildman–Crippen LogP) is 2.48. The summed E-state index contributed by atoms with van der Waals surface area (Å²) in [6.45, 7) is 6.08. The van der Waals surface area contributed by atoms with Crippen LogP contribution in [0.5, 0.6) is 0 Å². The smallest absolute Gasteiger partial charge is 0.0552 e. The molecule has 0 amide bonds. The summed E-state index contributed by atoms with van der Waals surface area (Å²) in [5, 5.41) is 9.29. The number of benzene rings is 1. The van der Waals surface area contributed by atoms with Crippen molar-refractivity contribution < 1.29 is 5.11 Å². The van der Waals surface area contributed by atoms with Crippen molar-refractivity contribution in [1.29, 1.82) is 0 Å². The van der Waals surface area contributed by atoms with Gasteiger partial charge in [0.1, 0.15) is 0 Å². The fraction of sp³-hybridized carbons (Fsp3) is 0.500. The van der Waals surface area contributed by atoms with Crippen LogP contribution in [0.15, 0.2) is 18.2 Å². The Kier molecular flexibility index (Phi) is 3.49. The van der Waals surface area contributed by atoms with Gasteiger partial charge in [-0.3, -0.25) is 0 Å². The molecule has 1 heteroatoms. The van der Waals surface area contributed by atoms with Gasteiger partial charge in [-0.05, 0) is 43.4 Å². The molecule has 1 aromatic rings. The molecule has 13 heavy (non-hydrogen) atoms. The average Bonchev–Trinajstić information content (AvgIpc) is 2.08. The Labute approximate surface area is 80.4 Å². The normalized spacial score (nSPS) is 12.9. The molecule has 0 aromatic heterocycles. The molecular formula is C12H18O. The molecule has 0 saturated heterocycles. The minimum absolute atomic E-state index is 0.245. The molecule has 0 bridgehead atoms. The number of hydrogen-bond donors (Lipinski definition) is 1. The molecule has 0 aliphatic heterocycles. The lowest BCUT2D eigenvalue weighted by atomic mass is 9.99. The highest BCUT2D eigenvalue weighted by Crippen LogP contribution is 2.13. The zero-order chi connectivity index (χ0) is 9.84. The van der Waals surface area contributed by atoms with Crippen LogP contribution in [0.1, 0.15) is 30.5 Å². The molecule has 1 rings (SSSR count). The van der Waals surface area contributed by atoms with Gasteiger partial charge in [-0.1, -0.05) is 25.1 Å². The van der Waals surface area contributed by atoms with Crippen molar-refractivity contribution in [3.05, 3.63) is 34.9 Å². The lowest BCUT2D eigenvalue weighted by molar-refractivity contribution is 0.195. The maximum atomic E-state index is 9.29. The van der Waals surface area contributed by atoms with Gasteiger partial charge in [-0.25, -0.2) is 0 Å². The monoisotopic (exact) mass is 178 g/mol. The van der Waals surface area contributed by atoms with E-state index in [0.29, 0.717) is 0 Å². The van der Waals surface area contributed by atoms with Crippen LogP contribution in [0.2, 0.25) is 0 Å². The molecule has 72 valence electrons. The highest BCUT2D eigenvalue weighted by atomic mass is 16.3. The van der Waals surface area contributed by atoms with Gasteiger partial charge in [0.25, 0.3) is 0 Å². The Morgan fingerprint density at radius 2 is 2.08 bits per heavy atom. The zero-order valence-corrected chi connectivity index (χ0v) is 8.67. The quantitative estimate of drug-likeness (QED) is 0.754. The molecule has 1 unspecified atom stereocenters. The third-order valence-electron chi connectivity index (χ3n) is 2.34. The van der Waals surface area contributed by atoms with Crippen LogP contribution >= 0.6 is 0 Å². The second-order valence-electron chi connectivity index (χ2n) is 3.67. The first-order chi connectivity index (χ1) is 6.13. The van der Waals surface area contributed by atoms with Crippen molar-refractivity contribution in [2.24, 2.45) is 0 Å². The van der Waals surface area contributed by atoms with Gasteiger partial charge in [0.05, 0.1) is 6.10 Å². The second-order valence-corrected chi connectivity index (χ2v) is 3.67. The van der Waals surface area contributed by atoms with E-state index < -0.39 is 0 Å². The molecule has 1 atom stereocenters. The molecule has 1 aromatic carbocycles. The van der Waals surface area contributed by atoms with Gasteiger partial charge in [0.2, 0.25) is 0 Å². The first-order valence-corrected chi connectivity index (χ1v) is 4.90. The average molecular weight is 178 g/mol. The second kappa shape index (κ2) is 4.43. The van der Waals surface area contributed by atoms with Gasteiger partial charge < -0.3 is 5.11 Å². The SMILES string of the molecule is CCc1ccc(C)c(CC(C)O)c1. The molecule has 0 heterocycles. The van der Waals surface area contributed by atoms with Crippen LogP contribution in [-0.2, 0) is 12.8 Å². The van der Waals surface area contributed by atoms with Crippen molar-refractivity contribution >= 4 is 0 Å². The molecule has 0 saturated carbocycles. The Bertz CT molecular complexity index is 276. The van der Waals surface area contributed by atoms with E-state index in [1.165, 1.54) is 16.7 Å². The molecule has 0 aliphatic rings. The lowest BCUT2D eigenvalue weighted by Crippen LogP contribution is -2.06. The molecule has 0 spiro atoms. The van der Waals surface area contributed by atoms with Gasteiger partial charge in [-0.15, -0.1) is 0 Å². The topological polar surface area (TPSA) is 20.2 Å². The first kappa shape index (κ1) is 10.3. The summed E-state index contributed by atoms with van der Waals surface area (Å²) in [6, 6.07) is 6.49. The number of rotatable bonds is 3. The van der Waals surface area contributed by atoms with Gasteiger partial charge in [-0.2, -0.15) is 0 Å². The van der Waals surface area contributed by atoms with Crippen LogP contribution in [-0.4, -0.2) is 11.2 Å². The van der Waals surface area contributed by atoms with Crippen LogP contribution in [0.3, 0.4) is 0 Å². The van der Waals surface area contributed by atoms with E-state index >= 15 is 0 Å². The molecule has 1 nitrogen and oxygen atoms in total. The van der Waals surface area contributed by atoms with Crippen molar-refractivity contribution in [3.8, 4) is 0 Å². The third kappa shape index (κ3) is 2.85. The standard InChI is InChI=1S/C12H18O/c1-4-11-6-5-9(2)12(8-11)7-10(3)13/h5-6,8,10,13H,4,7H2,1-3H3. The number of aliphatic hydroxyl groups is 1. The Morgan fingerprint density at radius 3 is 2.62 bits per heavy atom. The van der Waals surface area contributed by atoms with E-state index in [1.807, 2.05) is 6.92 Å². The summed E-state index contributed by atoms with van der Waals surface area (Å²) in [7, 11) is 0. The minimum atomic E-state index is -0.245. The fourth-order valence-corrected chi connectivity index (χ4v) is 1.48. The van der Waals surface area contributed by atoms with Crippen molar-refractivity contribution in [3.63, 3.8) is 0 Å². The van der Waals surface area contributed by atoms with E-state index in [1.54, 1.807) is 0 Å². The predicted molar refractivity (Wildman–Crippen MR) is 55.9 cm³/mol. The molecule has 0 radical (unpaired) electrons. The fourth-order valence-electron chi connectivity index (χ4n) is 1.48. The zero-order valence-electron chi connectivity index (χ0n) is 8.67. The first-order valence-electron chi connectivity index (χ1n) is 4.90. The molecule has 0 fully saturated rings. The van der Waals surface area contributed by atoms with Crippen molar-refractivity contribution in [2.75, 3.05) is 0 Å². The molecular weight excluding hydrogens is 160 g/mol. The van der Waals surface area contributed by atoms with Gasteiger partial charge in [0.15, 0.2) is 0 Å². The van der Waals surface area contributed by atoms with E-state index in [-0.39, 0.29) is 6.10 Å². The highest BCUT2D eigenvalue weighted by molar-refractivity contribution is 5.31. The van der Waals surface area contributed by atoms with E-state index in [2.05, 4.69) is 32.0 Å². The molecule has 1 N–H and O–H groups in total. The summed E-state index contributed by atoms with van der Waals surface area (Å²) >= 11 is 0. The Morgan fingerprint density at radius 1 is 1.38 bits per heavy atom. The lowest BCUT2D eigenvalue weighted by Gasteiger charge is -2.09. The van der Waals surface area contributed by atoms with Gasteiger partial charge >= 0.3 is 0 Å². The summed E-state index contributed by atoms with van der Waals surface area (Å²) < 4.78 is 0. The highest BCUT2D eigenvalue weighted by Gasteiger charge is 2.03. The summed E-state index contributed by atoms with van der Waals surface area (Å²) in [4.78, 5) is 0. The summed E-state index contributed by atoms with van der Waals surface area (Å²) in [6.07, 6.45) is 1.58. The van der Waals surface area contributed by atoms with Crippen molar-refractivity contribution in [1.82, 2.24) is 0 Å². The summed E-state index contributed by atoms with van der Waals surface area (Å²) in [5.74, 6) is 0. The Hall–Kier alpha value is -0.820. The Balaban J connectivity index is 2.90.